The van der Waals surface area contributed by atoms with Crippen LogP contribution in [0.25, 0.3) is 0 Å². The molecule has 9 heavy (non-hydrogen) atoms. The molecule has 0 heterocycles. The van der Waals surface area contributed by atoms with Gasteiger partial charge in [-0.05, 0) is 21.0 Å². The van der Waals surface area contributed by atoms with Crippen LogP contribution >= 0.6 is 0 Å². The van der Waals surface area contributed by atoms with Gasteiger partial charge in [-0.15, -0.1) is 0 Å². The quantitative estimate of drug-likeness (QED) is 0.602. The van der Waals surface area contributed by atoms with Gasteiger partial charge in [-0.1, -0.05) is 0 Å². The Kier molecular flexibility index (Phi) is 4.67. The van der Waals surface area contributed by atoms with E-state index in [0.29, 0.717) is 6.61 Å². The monoisotopic (exact) mass is 132 g/mol. The molecule has 3 nitrogen and oxygen atoms in total. The Morgan fingerprint density at radius 2 is 2.11 bits per heavy atom. The van der Waals surface area contributed by atoms with Crippen LogP contribution in [-0.2, 0) is 4.74 Å². The van der Waals surface area contributed by atoms with Gasteiger partial charge < -0.3 is 14.7 Å². The minimum absolute atomic E-state index is 0.0388. The molecule has 0 aliphatic heterocycles. The van der Waals surface area contributed by atoms with Gasteiger partial charge in [0, 0.05) is 6.54 Å². The van der Waals surface area contributed by atoms with E-state index in [4.69, 9.17) is 9.84 Å². The number of rotatable bonds is 4. The molecule has 0 saturated carbocycles. The Balaban J connectivity index is 2.91. The molecule has 0 aromatic rings. The van der Waals surface area contributed by atoms with E-state index in [1.54, 1.807) is 0 Å². The van der Waals surface area contributed by atoms with Crippen LogP contribution in [0.5, 0.6) is 0 Å². The van der Waals surface area contributed by atoms with Crippen LogP contribution in [0.2, 0.25) is 0 Å². The summed E-state index contributed by atoms with van der Waals surface area (Å²) in [5, 5.41) is 8.54. The summed E-state index contributed by atoms with van der Waals surface area (Å²) in [7, 11) is 3.91. The lowest BCUT2D eigenvalue weighted by atomic mass is 10.6. The van der Waals surface area contributed by atoms with Crippen molar-refractivity contribution in [1.82, 2.24) is 4.90 Å². The van der Waals surface area contributed by atoms with Crippen molar-refractivity contribution in [3.05, 3.63) is 6.29 Å². The number of nitrogens with zero attached hydrogens (tertiary/aromatic N) is 1. The van der Waals surface area contributed by atoms with E-state index in [1.165, 1.54) is 6.92 Å². The Labute approximate surface area is 56.2 Å². The van der Waals surface area contributed by atoms with Gasteiger partial charge >= 0.3 is 0 Å². The molecule has 0 aromatic heterocycles. The van der Waals surface area contributed by atoms with Crippen molar-refractivity contribution in [2.75, 3.05) is 27.2 Å². The van der Waals surface area contributed by atoms with Crippen molar-refractivity contribution in [2.45, 2.75) is 6.92 Å². The van der Waals surface area contributed by atoms with Crippen molar-refractivity contribution >= 4 is 0 Å². The van der Waals surface area contributed by atoms with E-state index >= 15 is 0 Å². The SMILES string of the molecule is C[C](O)OCCN(C)C. The number of hydrogen-bond donors (Lipinski definition) is 1. The second kappa shape index (κ2) is 4.73. The summed E-state index contributed by atoms with van der Waals surface area (Å²) in [5.41, 5.74) is 0. The van der Waals surface area contributed by atoms with E-state index in [1.807, 2.05) is 19.0 Å². The molecule has 0 spiro atoms. The summed E-state index contributed by atoms with van der Waals surface area (Å²) in [6.07, 6.45) is 0.0388. The lowest BCUT2D eigenvalue weighted by Gasteiger charge is -2.09. The third-order valence-corrected chi connectivity index (χ3v) is 0.849. The molecule has 0 amide bonds. The van der Waals surface area contributed by atoms with Crippen LogP contribution in [-0.4, -0.2) is 37.3 Å². The standard InChI is InChI=1S/C6H14NO2/c1-6(8)9-5-4-7(2)3/h8H,4-5H2,1-3H3. The number of aliphatic hydroxyl groups excluding tert-OH is 1. The Morgan fingerprint density at radius 3 is 2.44 bits per heavy atom. The number of ether oxygens (including phenoxy) is 1. The third kappa shape index (κ3) is 7.88. The van der Waals surface area contributed by atoms with Crippen LogP contribution in [0.15, 0.2) is 0 Å². The van der Waals surface area contributed by atoms with E-state index in [0.717, 1.165) is 6.54 Å². The fourth-order valence-corrected chi connectivity index (χ4v) is 0.376. The number of aliphatic hydroxyl groups is 1. The van der Waals surface area contributed by atoms with Gasteiger partial charge in [-0.2, -0.15) is 0 Å². The molecule has 3 heteroatoms. The molecule has 0 fully saturated rings. The summed E-state index contributed by atoms with van der Waals surface area (Å²) in [4.78, 5) is 1.99. The summed E-state index contributed by atoms with van der Waals surface area (Å²) >= 11 is 0. The first-order valence-electron chi connectivity index (χ1n) is 2.93. The van der Waals surface area contributed by atoms with Gasteiger partial charge in [0.2, 0.25) is 6.29 Å². The van der Waals surface area contributed by atoms with Gasteiger partial charge in [-0.3, -0.25) is 0 Å². The maximum atomic E-state index is 8.54. The molecule has 0 bridgehead atoms. The fourth-order valence-electron chi connectivity index (χ4n) is 0.376. The minimum atomic E-state index is 0.0388. The predicted molar refractivity (Wildman–Crippen MR) is 35.4 cm³/mol. The lowest BCUT2D eigenvalue weighted by Crippen LogP contribution is -2.18. The second-order valence-corrected chi connectivity index (χ2v) is 2.17. The van der Waals surface area contributed by atoms with Crippen LogP contribution in [0.1, 0.15) is 6.92 Å². The zero-order valence-corrected chi connectivity index (χ0v) is 6.22. The summed E-state index contributed by atoms with van der Waals surface area (Å²) in [6, 6.07) is 0. The molecule has 0 aromatic carbocycles. The topological polar surface area (TPSA) is 32.7 Å². The third-order valence-electron chi connectivity index (χ3n) is 0.849. The minimum Gasteiger partial charge on any atom is -0.362 e. The number of likely N-dealkylation sites (N-methyl/N-ethyl adjacent to an activating group) is 1. The smallest absolute Gasteiger partial charge is 0.217 e. The average molecular weight is 132 g/mol. The average Bonchev–Trinajstić information content (AvgIpc) is 1.63. The molecule has 0 saturated heterocycles. The van der Waals surface area contributed by atoms with Gasteiger partial charge in [0.15, 0.2) is 0 Å². The van der Waals surface area contributed by atoms with E-state index in [9.17, 15) is 0 Å². The molecule has 0 atom stereocenters. The highest BCUT2D eigenvalue weighted by Gasteiger charge is 1.95. The van der Waals surface area contributed by atoms with Crippen molar-refractivity contribution in [3.63, 3.8) is 0 Å². The Morgan fingerprint density at radius 1 is 1.56 bits per heavy atom. The fraction of sp³-hybridized carbons (Fsp3) is 0.833. The van der Waals surface area contributed by atoms with Crippen LogP contribution in [0.3, 0.4) is 0 Å². The first-order valence-corrected chi connectivity index (χ1v) is 2.93. The molecule has 0 unspecified atom stereocenters. The van der Waals surface area contributed by atoms with Gasteiger partial charge in [-0.25, -0.2) is 0 Å². The highest BCUT2D eigenvalue weighted by atomic mass is 16.6. The normalized spacial score (nSPS) is 11.3. The molecule has 0 rings (SSSR count). The Bertz CT molecular complexity index is 56.1. The summed E-state index contributed by atoms with van der Waals surface area (Å²) in [5.74, 6) is 0. The summed E-state index contributed by atoms with van der Waals surface area (Å²) < 4.78 is 4.78. The van der Waals surface area contributed by atoms with Crippen LogP contribution in [0, 0.1) is 6.29 Å². The van der Waals surface area contributed by atoms with Crippen molar-refractivity contribution in [1.29, 1.82) is 0 Å². The molecule has 0 aliphatic carbocycles. The van der Waals surface area contributed by atoms with Crippen molar-refractivity contribution in [3.8, 4) is 0 Å². The van der Waals surface area contributed by atoms with E-state index < -0.39 is 0 Å². The second-order valence-electron chi connectivity index (χ2n) is 2.17. The first kappa shape index (κ1) is 8.88. The van der Waals surface area contributed by atoms with Gasteiger partial charge in [0.05, 0.1) is 6.61 Å². The van der Waals surface area contributed by atoms with E-state index in [-0.39, 0.29) is 6.29 Å². The maximum absolute atomic E-state index is 8.54. The first-order chi connectivity index (χ1) is 4.13. The molecule has 0 aliphatic rings. The van der Waals surface area contributed by atoms with Gasteiger partial charge in [0.25, 0.3) is 0 Å². The molecular formula is C6H14NO2. The predicted octanol–water partition coefficient (Wildman–Crippen LogP) is 0.446. The lowest BCUT2D eigenvalue weighted by molar-refractivity contribution is 0.00953. The number of hydrogen-bond acceptors (Lipinski definition) is 3. The highest BCUT2D eigenvalue weighted by Crippen LogP contribution is 1.91. The molecular weight excluding hydrogens is 118 g/mol. The zero-order valence-electron chi connectivity index (χ0n) is 6.22. The highest BCUT2D eigenvalue weighted by molar-refractivity contribution is 4.49. The maximum Gasteiger partial charge on any atom is 0.217 e. The zero-order chi connectivity index (χ0) is 7.28. The van der Waals surface area contributed by atoms with Crippen molar-refractivity contribution in [2.24, 2.45) is 0 Å². The largest absolute Gasteiger partial charge is 0.362 e. The van der Waals surface area contributed by atoms with Gasteiger partial charge in [0.1, 0.15) is 0 Å². The molecule has 1 radical (unpaired) electrons. The molecule has 1 N–H and O–H groups in total. The van der Waals surface area contributed by atoms with E-state index in [2.05, 4.69) is 0 Å². The van der Waals surface area contributed by atoms with Crippen LogP contribution in [0.4, 0.5) is 0 Å². The molecule has 55 valence electrons. The van der Waals surface area contributed by atoms with Crippen molar-refractivity contribution < 1.29 is 9.84 Å². The van der Waals surface area contributed by atoms with Crippen LogP contribution < -0.4 is 0 Å². The Hall–Kier alpha value is -0.120. The summed E-state index contributed by atoms with van der Waals surface area (Å²) in [6.45, 7) is 2.91.